The predicted octanol–water partition coefficient (Wildman–Crippen LogP) is 1.10. The van der Waals surface area contributed by atoms with Gasteiger partial charge in [0.1, 0.15) is 0 Å². The van der Waals surface area contributed by atoms with Crippen LogP contribution in [-0.4, -0.2) is 109 Å². The van der Waals surface area contributed by atoms with Crippen molar-refractivity contribution >= 4 is 61.6 Å². The van der Waals surface area contributed by atoms with Gasteiger partial charge in [-0.2, -0.15) is 0 Å². The summed E-state index contributed by atoms with van der Waals surface area (Å²) in [6.45, 7) is 3.13. The van der Waals surface area contributed by atoms with Crippen LogP contribution in [0.2, 0.25) is 0 Å². The Morgan fingerprint density at radius 1 is 0.569 bits per heavy atom. The third kappa shape index (κ3) is 14.1. The minimum absolute atomic E-state index is 0. The Labute approximate surface area is 330 Å². The van der Waals surface area contributed by atoms with E-state index in [2.05, 4.69) is 0 Å². The van der Waals surface area contributed by atoms with Crippen LogP contribution in [0, 0.1) is 35.5 Å². The van der Waals surface area contributed by atoms with E-state index in [1.165, 1.54) is 51.4 Å². The maximum absolute atomic E-state index is 12.2. The van der Waals surface area contributed by atoms with Crippen LogP contribution in [0.1, 0.15) is 75.3 Å². The van der Waals surface area contributed by atoms with Gasteiger partial charge in [0.25, 0.3) is 0 Å². The van der Waals surface area contributed by atoms with E-state index >= 15 is 0 Å². The van der Waals surface area contributed by atoms with E-state index in [1.807, 2.05) is 60.7 Å². The van der Waals surface area contributed by atoms with Gasteiger partial charge in [0.2, 0.25) is 0 Å². The van der Waals surface area contributed by atoms with E-state index in [4.69, 9.17) is 9.68 Å². The van der Waals surface area contributed by atoms with Crippen molar-refractivity contribution in [3.63, 3.8) is 0 Å². The van der Waals surface area contributed by atoms with Gasteiger partial charge in [-0.1, -0.05) is 86.3 Å². The number of carboxylic acids is 2. The van der Waals surface area contributed by atoms with Crippen LogP contribution < -0.4 is 10.2 Å². The molecule has 0 amide bonds. The average molecular weight is 737 g/mol. The fourth-order valence-electron chi connectivity index (χ4n) is 7.91. The normalized spacial score (nSPS) is 23.5. The summed E-state index contributed by atoms with van der Waals surface area (Å²) in [6.07, 6.45) is 10.1. The predicted molar refractivity (Wildman–Crippen MR) is 186 cm³/mol. The molecule has 2 saturated heterocycles. The molecule has 2 aliphatic carbocycles. The number of fused-ring (bicyclic) bond motifs is 2. The van der Waals surface area contributed by atoms with E-state index in [1.54, 1.807) is 10.1 Å². The summed E-state index contributed by atoms with van der Waals surface area (Å²) in [5.41, 5.74) is 1.76. The fourth-order valence-corrected chi connectivity index (χ4v) is 7.91. The summed E-state index contributed by atoms with van der Waals surface area (Å²) in [4.78, 5) is 57.9. The first-order chi connectivity index (χ1) is 23.2. The molecule has 51 heavy (non-hydrogen) atoms. The molecule has 0 unspecified atom stereocenters. The van der Waals surface area contributed by atoms with Gasteiger partial charge in [-0.05, 0) is 73.3 Å². The standard InChI is InChI=1S/2C19H25NO4.Ca.2H2O/c2*21-18(24-20-12-15-8-4-5-9-16(15)13-20)11-17(19(22)23)10-14-6-2-1-3-7-14;;;/h2*1-3,6-7,15-17H,4-5,8-13H2,(H,22,23);;2*1H2/q;;+2;;/p-2/t2*15-,16+,17-;;;/m00.../s1. The molecule has 2 aromatic carbocycles. The molecule has 13 heteroatoms. The minimum atomic E-state index is -1.20. The van der Waals surface area contributed by atoms with Crippen LogP contribution in [0.25, 0.3) is 0 Å². The van der Waals surface area contributed by atoms with Crippen molar-refractivity contribution < 1.29 is 50.0 Å². The molecule has 2 saturated carbocycles. The van der Waals surface area contributed by atoms with E-state index in [0.717, 1.165) is 37.3 Å². The van der Waals surface area contributed by atoms with Crippen molar-refractivity contribution in [3.8, 4) is 0 Å². The molecule has 276 valence electrons. The minimum Gasteiger partial charge on any atom is -0.550 e. The molecule has 4 N–H and O–H groups in total. The first-order valence-electron chi connectivity index (χ1n) is 17.6. The third-order valence-electron chi connectivity index (χ3n) is 10.5. The second-order valence-corrected chi connectivity index (χ2v) is 14.0. The SMILES string of the molecule is O.O.O=C(C[C@H](Cc1ccccc1)C(=O)[O-])ON1C[C@H]2CCCC[C@H]2C1.O=C(C[C@H](Cc1ccccc1)C(=O)[O-])ON1C[C@H]2CCCC[C@H]2C1.[Ca+2]. The molecule has 6 atom stereocenters. The quantitative estimate of drug-likeness (QED) is 0.284. The Morgan fingerprint density at radius 2 is 0.863 bits per heavy atom. The number of hydroxylamine groups is 4. The molecular formula is C38H52CaN2O10. The molecular weight excluding hydrogens is 685 g/mol. The van der Waals surface area contributed by atoms with Crippen molar-refractivity contribution in [2.75, 3.05) is 26.2 Å². The van der Waals surface area contributed by atoms with Crippen molar-refractivity contribution in [3.05, 3.63) is 71.8 Å². The zero-order valence-corrected chi connectivity index (χ0v) is 31.6. The summed E-state index contributed by atoms with van der Waals surface area (Å²) >= 11 is 0. The van der Waals surface area contributed by atoms with E-state index in [-0.39, 0.29) is 74.4 Å². The number of rotatable bonds is 12. The zero-order chi connectivity index (χ0) is 33.9. The zero-order valence-electron chi connectivity index (χ0n) is 29.4. The monoisotopic (exact) mass is 736 g/mol. The van der Waals surface area contributed by atoms with Crippen molar-refractivity contribution in [2.45, 2.75) is 77.0 Å². The largest absolute Gasteiger partial charge is 2.00 e. The molecule has 0 spiro atoms. The van der Waals surface area contributed by atoms with Gasteiger partial charge >= 0.3 is 49.7 Å². The third-order valence-corrected chi connectivity index (χ3v) is 10.5. The summed E-state index contributed by atoms with van der Waals surface area (Å²) in [6, 6.07) is 18.6. The molecule has 4 aliphatic rings. The van der Waals surface area contributed by atoms with E-state index in [0.29, 0.717) is 23.7 Å². The molecule has 12 nitrogen and oxygen atoms in total. The summed E-state index contributed by atoms with van der Waals surface area (Å²) < 4.78 is 0. The number of carbonyl (C=O) groups is 4. The first kappa shape index (κ1) is 44.6. The molecule has 2 aliphatic heterocycles. The van der Waals surface area contributed by atoms with Crippen LogP contribution in [0.4, 0.5) is 0 Å². The Hall–Kier alpha value is -2.58. The van der Waals surface area contributed by atoms with Crippen LogP contribution in [0.15, 0.2) is 60.7 Å². The number of nitrogens with zero attached hydrogens (tertiary/aromatic N) is 2. The van der Waals surface area contributed by atoms with Crippen molar-refractivity contribution in [1.82, 2.24) is 10.1 Å². The van der Waals surface area contributed by atoms with Gasteiger partial charge < -0.3 is 40.4 Å². The number of aliphatic carboxylic acids is 2. The first-order valence-corrected chi connectivity index (χ1v) is 17.6. The van der Waals surface area contributed by atoms with Gasteiger partial charge in [0.15, 0.2) is 0 Å². The number of hydrogen-bond donors (Lipinski definition) is 0. The second kappa shape index (κ2) is 22.5. The molecule has 2 aromatic rings. The molecule has 4 fully saturated rings. The molecule has 0 aromatic heterocycles. The fraction of sp³-hybridized carbons (Fsp3) is 0.579. The topological polar surface area (TPSA) is 202 Å². The van der Waals surface area contributed by atoms with Crippen molar-refractivity contribution in [2.24, 2.45) is 35.5 Å². The van der Waals surface area contributed by atoms with Crippen LogP contribution >= 0.6 is 0 Å². The number of benzene rings is 2. The van der Waals surface area contributed by atoms with E-state index < -0.39 is 35.7 Å². The average Bonchev–Trinajstić information content (AvgIpc) is 3.68. The number of carbonyl (C=O) groups excluding carboxylic acids is 4. The summed E-state index contributed by atoms with van der Waals surface area (Å²) in [5.74, 6) is -2.59. The maximum atomic E-state index is 12.2. The Balaban J connectivity index is 0.000000334. The van der Waals surface area contributed by atoms with Gasteiger partial charge in [0, 0.05) is 50.0 Å². The molecule has 6 rings (SSSR count). The van der Waals surface area contributed by atoms with Gasteiger partial charge in [-0.15, -0.1) is 10.1 Å². The molecule has 2 heterocycles. The molecule has 0 bridgehead atoms. The van der Waals surface area contributed by atoms with Crippen molar-refractivity contribution in [1.29, 1.82) is 0 Å². The van der Waals surface area contributed by atoms with Gasteiger partial charge in [-0.3, -0.25) is 9.59 Å². The summed E-state index contributed by atoms with van der Waals surface area (Å²) in [7, 11) is 0. The van der Waals surface area contributed by atoms with E-state index in [9.17, 15) is 29.4 Å². The number of carboxylic acid groups (broad SMARTS) is 2. The second-order valence-electron chi connectivity index (χ2n) is 14.0. The summed E-state index contributed by atoms with van der Waals surface area (Å²) in [5, 5.41) is 26.2. The van der Waals surface area contributed by atoms with Crippen LogP contribution in [0.5, 0.6) is 0 Å². The smallest absolute Gasteiger partial charge is 0.550 e. The van der Waals surface area contributed by atoms with Gasteiger partial charge in [0.05, 0.1) is 12.8 Å². The number of hydrogen-bond acceptors (Lipinski definition) is 10. The van der Waals surface area contributed by atoms with Crippen LogP contribution in [0.3, 0.4) is 0 Å². The Kier molecular flexibility index (Phi) is 19.6. The molecule has 0 radical (unpaired) electrons. The van der Waals surface area contributed by atoms with Gasteiger partial charge in [-0.25, -0.2) is 0 Å². The Bertz CT molecular complexity index is 1240. The van der Waals surface area contributed by atoms with Crippen LogP contribution in [-0.2, 0) is 41.7 Å². The Morgan fingerprint density at radius 3 is 1.14 bits per heavy atom. The maximum Gasteiger partial charge on any atom is 2.00 e.